The van der Waals surface area contributed by atoms with Gasteiger partial charge in [-0.05, 0) is 67.4 Å². The fourth-order valence-corrected chi connectivity index (χ4v) is 2.47. The predicted molar refractivity (Wildman–Crippen MR) is 103 cm³/mol. The van der Waals surface area contributed by atoms with Crippen molar-refractivity contribution in [1.29, 1.82) is 5.26 Å². The molecule has 0 unspecified atom stereocenters. The lowest BCUT2D eigenvalue weighted by molar-refractivity contribution is 0.102. The molecule has 0 spiro atoms. The topological polar surface area (TPSA) is 77.8 Å². The van der Waals surface area contributed by atoms with E-state index < -0.39 is 0 Å². The first-order valence-corrected chi connectivity index (χ1v) is 8.17. The Hall–Kier alpha value is -3.65. The van der Waals surface area contributed by atoms with Gasteiger partial charge in [-0.1, -0.05) is 12.1 Å². The Morgan fingerprint density at radius 1 is 1.00 bits per heavy atom. The second kappa shape index (κ2) is 7.49. The van der Waals surface area contributed by atoms with Crippen LogP contribution in [0.2, 0.25) is 0 Å². The standard InChI is InChI=1S/C21H18N4O/c1-14-4-3-5-19(15(14)2)25-21(26)20-11-10-18(13-23-20)24-17-8-6-16(12-22)7-9-17/h3-11,13,24H,1-2H3,(H,25,26). The first-order chi connectivity index (χ1) is 12.6. The van der Waals surface area contributed by atoms with E-state index in [1.807, 2.05) is 44.2 Å². The van der Waals surface area contributed by atoms with Gasteiger partial charge in [-0.3, -0.25) is 4.79 Å². The van der Waals surface area contributed by atoms with Crippen molar-refractivity contribution in [2.24, 2.45) is 0 Å². The molecule has 3 aromatic rings. The Kier molecular flexibility index (Phi) is 4.95. The van der Waals surface area contributed by atoms with Gasteiger partial charge in [0.15, 0.2) is 0 Å². The van der Waals surface area contributed by atoms with Crippen LogP contribution in [-0.4, -0.2) is 10.9 Å². The minimum Gasteiger partial charge on any atom is -0.354 e. The molecule has 0 saturated carbocycles. The molecule has 0 aliphatic carbocycles. The summed E-state index contributed by atoms with van der Waals surface area (Å²) in [5.74, 6) is -0.247. The summed E-state index contributed by atoms with van der Waals surface area (Å²) in [6.45, 7) is 3.98. The summed E-state index contributed by atoms with van der Waals surface area (Å²) in [7, 11) is 0. The molecular weight excluding hydrogens is 324 g/mol. The molecule has 0 saturated heterocycles. The fourth-order valence-electron chi connectivity index (χ4n) is 2.47. The van der Waals surface area contributed by atoms with Crippen molar-refractivity contribution in [3.05, 3.63) is 83.2 Å². The van der Waals surface area contributed by atoms with E-state index in [4.69, 9.17) is 5.26 Å². The highest BCUT2D eigenvalue weighted by Crippen LogP contribution is 2.20. The molecule has 2 aromatic carbocycles. The Morgan fingerprint density at radius 3 is 2.38 bits per heavy atom. The van der Waals surface area contributed by atoms with Crippen molar-refractivity contribution in [1.82, 2.24) is 4.98 Å². The van der Waals surface area contributed by atoms with Crippen LogP contribution in [0.5, 0.6) is 0 Å². The SMILES string of the molecule is Cc1cccc(NC(=O)c2ccc(Nc3ccc(C#N)cc3)cn2)c1C. The number of pyridine rings is 1. The molecular formula is C21H18N4O. The first-order valence-electron chi connectivity index (χ1n) is 8.17. The maximum atomic E-state index is 12.4. The Balaban J connectivity index is 1.69. The molecule has 128 valence electrons. The van der Waals surface area contributed by atoms with E-state index in [1.54, 1.807) is 30.5 Å². The number of benzene rings is 2. The van der Waals surface area contributed by atoms with Crippen LogP contribution in [0.15, 0.2) is 60.8 Å². The van der Waals surface area contributed by atoms with Gasteiger partial charge in [-0.25, -0.2) is 4.98 Å². The van der Waals surface area contributed by atoms with Gasteiger partial charge in [0.05, 0.1) is 23.5 Å². The number of amides is 1. The zero-order chi connectivity index (χ0) is 18.5. The van der Waals surface area contributed by atoms with Crippen LogP contribution >= 0.6 is 0 Å². The van der Waals surface area contributed by atoms with E-state index in [-0.39, 0.29) is 5.91 Å². The molecule has 3 rings (SSSR count). The second-order valence-electron chi connectivity index (χ2n) is 5.95. The van der Waals surface area contributed by atoms with Gasteiger partial charge < -0.3 is 10.6 Å². The largest absolute Gasteiger partial charge is 0.354 e. The van der Waals surface area contributed by atoms with Gasteiger partial charge in [-0.15, -0.1) is 0 Å². The lowest BCUT2D eigenvalue weighted by Crippen LogP contribution is -2.14. The third-order valence-electron chi connectivity index (χ3n) is 4.15. The van der Waals surface area contributed by atoms with Gasteiger partial charge in [0.2, 0.25) is 0 Å². The number of aryl methyl sites for hydroxylation is 1. The van der Waals surface area contributed by atoms with Crippen molar-refractivity contribution < 1.29 is 4.79 Å². The van der Waals surface area contributed by atoms with Gasteiger partial charge in [0.25, 0.3) is 5.91 Å². The van der Waals surface area contributed by atoms with Gasteiger partial charge in [-0.2, -0.15) is 5.26 Å². The van der Waals surface area contributed by atoms with Crippen LogP contribution in [-0.2, 0) is 0 Å². The number of carbonyl (C=O) groups excluding carboxylic acids is 1. The van der Waals surface area contributed by atoms with Crippen LogP contribution in [0.4, 0.5) is 17.1 Å². The van der Waals surface area contributed by atoms with Crippen molar-refractivity contribution in [3.63, 3.8) is 0 Å². The van der Waals surface area contributed by atoms with E-state index in [9.17, 15) is 4.79 Å². The number of aromatic nitrogens is 1. The summed E-state index contributed by atoms with van der Waals surface area (Å²) in [6.07, 6.45) is 1.61. The average Bonchev–Trinajstić information content (AvgIpc) is 2.66. The molecule has 2 N–H and O–H groups in total. The Labute approximate surface area is 152 Å². The average molecular weight is 342 g/mol. The van der Waals surface area contributed by atoms with Gasteiger partial charge in [0.1, 0.15) is 5.69 Å². The van der Waals surface area contributed by atoms with Crippen molar-refractivity contribution >= 4 is 23.0 Å². The highest BCUT2D eigenvalue weighted by atomic mass is 16.1. The Bertz CT molecular complexity index is 970. The summed E-state index contributed by atoms with van der Waals surface area (Å²) in [4.78, 5) is 16.6. The summed E-state index contributed by atoms with van der Waals surface area (Å²) >= 11 is 0. The molecule has 0 fully saturated rings. The van der Waals surface area contributed by atoms with Crippen LogP contribution < -0.4 is 10.6 Å². The molecule has 5 nitrogen and oxygen atoms in total. The number of nitrogens with zero attached hydrogens (tertiary/aromatic N) is 2. The van der Waals surface area contributed by atoms with Crippen molar-refractivity contribution in [2.45, 2.75) is 13.8 Å². The Morgan fingerprint density at radius 2 is 1.73 bits per heavy atom. The molecule has 0 atom stereocenters. The first kappa shape index (κ1) is 17.2. The van der Waals surface area contributed by atoms with E-state index in [2.05, 4.69) is 21.7 Å². The lowest BCUT2D eigenvalue weighted by atomic mass is 10.1. The third kappa shape index (κ3) is 3.87. The highest BCUT2D eigenvalue weighted by molar-refractivity contribution is 6.03. The number of rotatable bonds is 4. The van der Waals surface area contributed by atoms with Crippen LogP contribution in [0.1, 0.15) is 27.2 Å². The van der Waals surface area contributed by atoms with Crippen LogP contribution in [0, 0.1) is 25.2 Å². The molecule has 0 bridgehead atoms. The number of anilines is 3. The summed E-state index contributed by atoms with van der Waals surface area (Å²) in [5, 5.41) is 14.9. The monoisotopic (exact) mass is 342 g/mol. The molecule has 0 radical (unpaired) electrons. The van der Waals surface area contributed by atoms with E-state index in [1.165, 1.54) is 0 Å². The van der Waals surface area contributed by atoms with E-state index in [0.29, 0.717) is 11.3 Å². The minimum atomic E-state index is -0.247. The number of hydrogen-bond donors (Lipinski definition) is 2. The summed E-state index contributed by atoms with van der Waals surface area (Å²) < 4.78 is 0. The normalized spacial score (nSPS) is 10.0. The molecule has 1 aromatic heterocycles. The van der Waals surface area contributed by atoms with Crippen LogP contribution in [0.3, 0.4) is 0 Å². The smallest absolute Gasteiger partial charge is 0.274 e. The lowest BCUT2D eigenvalue weighted by Gasteiger charge is -2.10. The van der Waals surface area contributed by atoms with Crippen molar-refractivity contribution in [3.8, 4) is 6.07 Å². The highest BCUT2D eigenvalue weighted by Gasteiger charge is 2.10. The maximum absolute atomic E-state index is 12.4. The summed E-state index contributed by atoms with van der Waals surface area (Å²) in [6, 6.07) is 18.5. The van der Waals surface area contributed by atoms with Crippen molar-refractivity contribution in [2.75, 3.05) is 10.6 Å². The van der Waals surface area contributed by atoms with E-state index in [0.717, 1.165) is 28.2 Å². The van der Waals surface area contributed by atoms with E-state index >= 15 is 0 Å². The van der Waals surface area contributed by atoms with Crippen LogP contribution in [0.25, 0.3) is 0 Å². The second-order valence-corrected chi connectivity index (χ2v) is 5.95. The third-order valence-corrected chi connectivity index (χ3v) is 4.15. The number of hydrogen-bond acceptors (Lipinski definition) is 4. The molecule has 0 aliphatic rings. The number of carbonyl (C=O) groups is 1. The molecule has 1 heterocycles. The zero-order valence-electron chi connectivity index (χ0n) is 14.6. The predicted octanol–water partition coefficient (Wildman–Crippen LogP) is 4.57. The molecule has 1 amide bonds. The number of nitriles is 1. The molecule has 5 heteroatoms. The van der Waals surface area contributed by atoms with Gasteiger partial charge >= 0.3 is 0 Å². The minimum absolute atomic E-state index is 0.247. The molecule has 0 aliphatic heterocycles. The quantitative estimate of drug-likeness (QED) is 0.728. The summed E-state index contributed by atoms with van der Waals surface area (Å²) in [5.41, 5.74) is 5.51. The van der Waals surface area contributed by atoms with Gasteiger partial charge in [0, 0.05) is 11.4 Å². The zero-order valence-corrected chi connectivity index (χ0v) is 14.6. The number of nitrogens with one attached hydrogen (secondary N) is 2. The fraction of sp³-hybridized carbons (Fsp3) is 0.0952. The molecule has 26 heavy (non-hydrogen) atoms. The maximum Gasteiger partial charge on any atom is 0.274 e.